The first kappa shape index (κ1) is 10.6. The molecule has 0 aliphatic carbocycles. The van der Waals surface area contributed by atoms with E-state index in [1.54, 1.807) is 6.07 Å². The Labute approximate surface area is 89.3 Å². The number of likely N-dealkylation sites (tertiary alicyclic amines) is 1. The number of aliphatic hydroxyl groups excluding tert-OH is 1. The van der Waals surface area contributed by atoms with Gasteiger partial charge in [0, 0.05) is 32.2 Å². The second-order valence-electron chi connectivity index (χ2n) is 4.31. The summed E-state index contributed by atoms with van der Waals surface area (Å²) in [5.41, 5.74) is 2.18. The Hall–Kier alpha value is -0.930. The lowest BCUT2D eigenvalue weighted by Crippen LogP contribution is -2.47. The molecule has 0 aromatic heterocycles. The summed E-state index contributed by atoms with van der Waals surface area (Å²) in [4.78, 5) is 2.27. The highest BCUT2D eigenvalue weighted by molar-refractivity contribution is 5.26. The molecule has 0 radical (unpaired) electrons. The molecule has 1 saturated heterocycles. The van der Waals surface area contributed by atoms with Crippen molar-refractivity contribution in [2.45, 2.75) is 13.5 Å². The van der Waals surface area contributed by atoms with Crippen LogP contribution in [0.15, 0.2) is 18.2 Å². The van der Waals surface area contributed by atoms with Gasteiger partial charge >= 0.3 is 0 Å². The first-order valence-corrected chi connectivity index (χ1v) is 5.27. The lowest BCUT2D eigenvalue weighted by atomic mass is 9.99. The lowest BCUT2D eigenvalue weighted by molar-refractivity contribution is 0.0478. The Morgan fingerprint density at radius 1 is 1.47 bits per heavy atom. The van der Waals surface area contributed by atoms with Crippen molar-refractivity contribution in [3.05, 3.63) is 35.1 Å². The van der Waals surface area contributed by atoms with Crippen LogP contribution in [0.2, 0.25) is 0 Å². The number of halogens is 1. The molecule has 0 bridgehead atoms. The summed E-state index contributed by atoms with van der Waals surface area (Å²) >= 11 is 0. The minimum atomic E-state index is -0.173. The molecule has 0 amide bonds. The highest BCUT2D eigenvalue weighted by Crippen LogP contribution is 2.20. The van der Waals surface area contributed by atoms with E-state index >= 15 is 0 Å². The molecule has 15 heavy (non-hydrogen) atoms. The van der Waals surface area contributed by atoms with Crippen LogP contribution in [0.1, 0.15) is 11.1 Å². The zero-order valence-electron chi connectivity index (χ0n) is 8.91. The molecule has 0 unspecified atom stereocenters. The predicted molar refractivity (Wildman–Crippen MR) is 57.0 cm³/mol. The molecule has 1 fully saturated rings. The van der Waals surface area contributed by atoms with E-state index in [9.17, 15) is 4.39 Å². The van der Waals surface area contributed by atoms with Gasteiger partial charge in [0.15, 0.2) is 0 Å². The van der Waals surface area contributed by atoms with Crippen LogP contribution < -0.4 is 0 Å². The van der Waals surface area contributed by atoms with E-state index in [0.717, 1.165) is 25.2 Å². The molecule has 0 spiro atoms. The minimum absolute atomic E-state index is 0.173. The van der Waals surface area contributed by atoms with Crippen LogP contribution in [0.4, 0.5) is 4.39 Å². The molecule has 2 rings (SSSR count). The van der Waals surface area contributed by atoms with Crippen LogP contribution >= 0.6 is 0 Å². The van der Waals surface area contributed by atoms with E-state index in [1.165, 1.54) is 11.6 Å². The summed E-state index contributed by atoms with van der Waals surface area (Å²) in [6.45, 7) is 4.98. The Balaban J connectivity index is 1.94. The van der Waals surface area contributed by atoms with Gasteiger partial charge in [0.2, 0.25) is 0 Å². The smallest absolute Gasteiger partial charge is 0.123 e. The number of hydrogen-bond acceptors (Lipinski definition) is 2. The summed E-state index contributed by atoms with van der Waals surface area (Å²) in [7, 11) is 0. The maximum atomic E-state index is 12.9. The van der Waals surface area contributed by atoms with Crippen LogP contribution in [-0.2, 0) is 6.54 Å². The molecule has 1 aromatic carbocycles. The molecule has 1 aromatic rings. The first-order chi connectivity index (χ1) is 7.19. The van der Waals surface area contributed by atoms with E-state index in [4.69, 9.17) is 5.11 Å². The van der Waals surface area contributed by atoms with Gasteiger partial charge in [-0.2, -0.15) is 0 Å². The van der Waals surface area contributed by atoms with E-state index < -0.39 is 0 Å². The van der Waals surface area contributed by atoms with Crippen molar-refractivity contribution in [2.75, 3.05) is 19.7 Å². The fraction of sp³-hybridized carbons (Fsp3) is 0.500. The van der Waals surface area contributed by atoms with E-state index in [1.807, 2.05) is 13.0 Å². The van der Waals surface area contributed by atoms with Crippen LogP contribution in [0.3, 0.4) is 0 Å². The number of benzene rings is 1. The van der Waals surface area contributed by atoms with E-state index in [2.05, 4.69) is 4.90 Å². The molecule has 82 valence electrons. The largest absolute Gasteiger partial charge is 0.396 e. The quantitative estimate of drug-likeness (QED) is 0.816. The summed E-state index contributed by atoms with van der Waals surface area (Å²) < 4.78 is 12.9. The number of aliphatic hydroxyl groups is 1. The first-order valence-electron chi connectivity index (χ1n) is 5.27. The number of rotatable bonds is 3. The third-order valence-electron chi connectivity index (χ3n) is 2.99. The van der Waals surface area contributed by atoms with Crippen molar-refractivity contribution in [1.82, 2.24) is 4.90 Å². The average molecular weight is 209 g/mol. The predicted octanol–water partition coefficient (Wildman–Crippen LogP) is 1.56. The van der Waals surface area contributed by atoms with E-state index in [0.29, 0.717) is 5.92 Å². The standard InChI is InChI=1S/C12H16FNO/c1-9-4-12(13)3-2-11(9)7-14-5-10(6-14)8-15/h2-4,10,15H,5-8H2,1H3. The second-order valence-corrected chi connectivity index (χ2v) is 4.31. The Morgan fingerprint density at radius 3 is 2.80 bits per heavy atom. The fourth-order valence-corrected chi connectivity index (χ4v) is 2.00. The Kier molecular flexibility index (Phi) is 3.03. The molecule has 2 nitrogen and oxygen atoms in total. The third-order valence-corrected chi connectivity index (χ3v) is 2.99. The molecule has 3 heteroatoms. The van der Waals surface area contributed by atoms with Crippen molar-refractivity contribution in [1.29, 1.82) is 0 Å². The van der Waals surface area contributed by atoms with Crippen LogP contribution in [0.25, 0.3) is 0 Å². The molecule has 0 atom stereocenters. The third kappa shape index (κ3) is 2.36. The van der Waals surface area contributed by atoms with Crippen LogP contribution in [0.5, 0.6) is 0 Å². The molecular formula is C12H16FNO. The highest BCUT2D eigenvalue weighted by atomic mass is 19.1. The monoisotopic (exact) mass is 209 g/mol. The Bertz CT molecular complexity index is 347. The summed E-state index contributed by atoms with van der Waals surface area (Å²) in [6, 6.07) is 4.92. The SMILES string of the molecule is Cc1cc(F)ccc1CN1CC(CO)C1. The van der Waals surface area contributed by atoms with Crippen molar-refractivity contribution >= 4 is 0 Å². The van der Waals surface area contributed by atoms with Gasteiger partial charge in [-0.3, -0.25) is 4.90 Å². The number of nitrogens with zero attached hydrogens (tertiary/aromatic N) is 1. The number of aryl methyl sites for hydroxylation is 1. The van der Waals surface area contributed by atoms with E-state index in [-0.39, 0.29) is 12.4 Å². The van der Waals surface area contributed by atoms with Gasteiger partial charge < -0.3 is 5.11 Å². The van der Waals surface area contributed by atoms with Gasteiger partial charge in [0.05, 0.1) is 0 Å². The zero-order valence-corrected chi connectivity index (χ0v) is 8.91. The van der Waals surface area contributed by atoms with Gasteiger partial charge in [0.25, 0.3) is 0 Å². The normalized spacial score (nSPS) is 17.8. The van der Waals surface area contributed by atoms with Crippen molar-refractivity contribution in [3.63, 3.8) is 0 Å². The highest BCUT2D eigenvalue weighted by Gasteiger charge is 2.25. The van der Waals surface area contributed by atoms with Gasteiger partial charge in [0.1, 0.15) is 5.82 Å². The van der Waals surface area contributed by atoms with Gasteiger partial charge in [-0.15, -0.1) is 0 Å². The van der Waals surface area contributed by atoms with Crippen molar-refractivity contribution in [2.24, 2.45) is 5.92 Å². The van der Waals surface area contributed by atoms with Crippen LogP contribution in [0, 0.1) is 18.7 Å². The van der Waals surface area contributed by atoms with Gasteiger partial charge in [-0.25, -0.2) is 4.39 Å². The topological polar surface area (TPSA) is 23.5 Å². The van der Waals surface area contributed by atoms with Crippen LogP contribution in [-0.4, -0.2) is 29.7 Å². The molecule has 1 aliphatic rings. The maximum absolute atomic E-state index is 12.9. The maximum Gasteiger partial charge on any atom is 0.123 e. The van der Waals surface area contributed by atoms with Crippen molar-refractivity contribution < 1.29 is 9.50 Å². The van der Waals surface area contributed by atoms with Crippen molar-refractivity contribution in [3.8, 4) is 0 Å². The van der Waals surface area contributed by atoms with Gasteiger partial charge in [-0.05, 0) is 30.2 Å². The summed E-state index contributed by atoms with van der Waals surface area (Å²) in [5, 5.41) is 8.88. The number of hydrogen-bond donors (Lipinski definition) is 1. The minimum Gasteiger partial charge on any atom is -0.396 e. The van der Waals surface area contributed by atoms with Gasteiger partial charge in [-0.1, -0.05) is 6.07 Å². The zero-order chi connectivity index (χ0) is 10.8. The Morgan fingerprint density at radius 2 is 2.20 bits per heavy atom. The summed E-state index contributed by atoms with van der Waals surface area (Å²) in [5.74, 6) is 0.263. The molecule has 1 heterocycles. The molecule has 0 saturated carbocycles. The molecule has 1 aliphatic heterocycles. The molecule has 1 N–H and O–H groups in total. The fourth-order valence-electron chi connectivity index (χ4n) is 2.00. The summed E-state index contributed by atoms with van der Waals surface area (Å²) in [6.07, 6.45) is 0. The average Bonchev–Trinajstić information content (AvgIpc) is 2.13. The molecular weight excluding hydrogens is 193 g/mol. The lowest BCUT2D eigenvalue weighted by Gasteiger charge is -2.38. The second kappa shape index (κ2) is 4.29.